The van der Waals surface area contributed by atoms with Crippen molar-refractivity contribution in [2.45, 2.75) is 51.5 Å². The summed E-state index contributed by atoms with van der Waals surface area (Å²) in [6.45, 7) is 0.804. The van der Waals surface area contributed by atoms with E-state index in [1.54, 1.807) is 12.2 Å². The largest absolute Gasteiger partial charge is 0.348 e. The van der Waals surface area contributed by atoms with Crippen LogP contribution in [0, 0.1) is 0 Å². The fourth-order valence-electron chi connectivity index (χ4n) is 2.74. The molecular formula is C26H30O5. The molecule has 0 saturated carbocycles. The normalized spacial score (nSPS) is 13.4. The first-order valence-corrected chi connectivity index (χ1v) is 10.5. The maximum absolute atomic E-state index is 10.6. The average Bonchev–Trinajstić information content (AvgIpc) is 2.82. The molecule has 164 valence electrons. The van der Waals surface area contributed by atoms with E-state index >= 15 is 0 Å². The molecule has 0 heterocycles. The van der Waals surface area contributed by atoms with Gasteiger partial charge in [-0.05, 0) is 11.1 Å². The van der Waals surface area contributed by atoms with E-state index in [1.807, 2.05) is 72.8 Å². The number of carbonyl (C=O) groups excluding carboxylic acids is 2. The molecule has 0 radical (unpaired) electrons. The molecule has 0 aliphatic heterocycles. The summed E-state index contributed by atoms with van der Waals surface area (Å²) in [7, 11) is 0. The third kappa shape index (κ3) is 11.2. The van der Waals surface area contributed by atoms with Crippen molar-refractivity contribution < 1.29 is 23.8 Å². The van der Waals surface area contributed by atoms with Gasteiger partial charge in [0.05, 0.1) is 13.2 Å². The van der Waals surface area contributed by atoms with Crippen LogP contribution < -0.4 is 0 Å². The lowest BCUT2D eigenvalue weighted by molar-refractivity contribution is -0.249. The molecule has 2 rings (SSSR count). The van der Waals surface area contributed by atoms with Crippen LogP contribution in [-0.2, 0) is 37.0 Å². The number of benzene rings is 2. The van der Waals surface area contributed by atoms with Crippen molar-refractivity contribution in [1.29, 1.82) is 0 Å². The first-order chi connectivity index (χ1) is 15.3. The molecule has 2 unspecified atom stereocenters. The number of rotatable bonds is 16. The van der Waals surface area contributed by atoms with Gasteiger partial charge in [0.15, 0.2) is 12.6 Å². The van der Waals surface area contributed by atoms with Crippen molar-refractivity contribution in [1.82, 2.24) is 0 Å². The fourth-order valence-corrected chi connectivity index (χ4v) is 2.74. The van der Waals surface area contributed by atoms with Crippen LogP contribution in [0.25, 0.3) is 0 Å². The third-order valence-corrected chi connectivity index (χ3v) is 4.32. The maximum atomic E-state index is 10.6. The van der Waals surface area contributed by atoms with E-state index < -0.39 is 12.6 Å². The van der Waals surface area contributed by atoms with Gasteiger partial charge in [0, 0.05) is 25.7 Å². The Morgan fingerprint density at radius 3 is 1.42 bits per heavy atom. The molecule has 0 amide bonds. The van der Waals surface area contributed by atoms with Gasteiger partial charge in [-0.3, -0.25) is 0 Å². The monoisotopic (exact) mass is 422 g/mol. The Morgan fingerprint density at radius 1 is 0.613 bits per heavy atom. The van der Waals surface area contributed by atoms with Crippen LogP contribution in [0.15, 0.2) is 85.0 Å². The number of allylic oxidation sites excluding steroid dienone is 2. The number of carbonyl (C=O) groups is 2. The van der Waals surface area contributed by atoms with E-state index in [9.17, 15) is 9.59 Å². The number of hydrogen-bond acceptors (Lipinski definition) is 5. The van der Waals surface area contributed by atoms with E-state index in [-0.39, 0.29) is 0 Å². The minimum Gasteiger partial charge on any atom is -0.348 e. The van der Waals surface area contributed by atoms with Crippen molar-refractivity contribution in [2.75, 3.05) is 0 Å². The summed E-state index contributed by atoms with van der Waals surface area (Å²) in [5.74, 6) is 0. The molecule has 2 atom stereocenters. The second-order valence-electron chi connectivity index (χ2n) is 6.81. The quantitative estimate of drug-likeness (QED) is 0.212. The van der Waals surface area contributed by atoms with Gasteiger partial charge in [-0.15, -0.1) is 0 Å². The highest BCUT2D eigenvalue weighted by molar-refractivity contribution is 5.52. The van der Waals surface area contributed by atoms with Gasteiger partial charge < -0.3 is 23.8 Å². The van der Waals surface area contributed by atoms with Crippen molar-refractivity contribution in [3.8, 4) is 0 Å². The van der Waals surface area contributed by atoms with Crippen molar-refractivity contribution >= 4 is 12.6 Å². The SMILES string of the molecule is O=CCC=CCC(OCc1ccccc1)OC(CC=CCC=O)OCc1ccccc1. The summed E-state index contributed by atoms with van der Waals surface area (Å²) in [5.41, 5.74) is 2.08. The van der Waals surface area contributed by atoms with Crippen LogP contribution >= 0.6 is 0 Å². The Hall–Kier alpha value is -2.86. The minimum atomic E-state index is -0.539. The molecule has 0 N–H and O–H groups in total. The molecule has 0 saturated heterocycles. The Bertz CT molecular complexity index is 718. The van der Waals surface area contributed by atoms with Crippen LogP contribution in [0.2, 0.25) is 0 Å². The molecule has 31 heavy (non-hydrogen) atoms. The summed E-state index contributed by atoms with van der Waals surface area (Å²) >= 11 is 0. The Balaban J connectivity index is 2.01. The molecule has 5 nitrogen and oxygen atoms in total. The lowest BCUT2D eigenvalue weighted by atomic mass is 10.2. The van der Waals surface area contributed by atoms with Crippen LogP contribution in [0.5, 0.6) is 0 Å². The lowest BCUT2D eigenvalue weighted by Gasteiger charge is -2.24. The lowest BCUT2D eigenvalue weighted by Crippen LogP contribution is -2.26. The first kappa shape index (κ1) is 24.4. The zero-order valence-electron chi connectivity index (χ0n) is 17.7. The van der Waals surface area contributed by atoms with Gasteiger partial charge >= 0.3 is 0 Å². The zero-order chi connectivity index (χ0) is 22.0. The van der Waals surface area contributed by atoms with Crippen molar-refractivity contribution in [3.63, 3.8) is 0 Å². The van der Waals surface area contributed by atoms with E-state index in [4.69, 9.17) is 14.2 Å². The highest BCUT2D eigenvalue weighted by atomic mass is 16.8. The van der Waals surface area contributed by atoms with Crippen LogP contribution in [0.4, 0.5) is 0 Å². The number of aldehydes is 2. The average molecular weight is 423 g/mol. The molecule has 0 aliphatic carbocycles. The Labute approximate surface area is 184 Å². The highest BCUT2D eigenvalue weighted by Gasteiger charge is 2.17. The van der Waals surface area contributed by atoms with E-state index in [0.717, 1.165) is 23.7 Å². The standard InChI is InChI=1S/C26H30O5/c27-19-11-3-9-17-25(29-21-23-13-5-1-6-14-23)31-26(18-10-4-12-20-28)30-22-24-15-7-2-8-16-24/h1-10,13-16,19-20,25-26H,11-12,17-18,21-22H2. The van der Waals surface area contributed by atoms with Gasteiger partial charge in [-0.2, -0.15) is 0 Å². The molecule has 2 aromatic rings. The Kier molecular flexibility index (Phi) is 12.5. The maximum Gasteiger partial charge on any atom is 0.164 e. The van der Waals surface area contributed by atoms with E-state index in [1.165, 1.54) is 0 Å². The van der Waals surface area contributed by atoms with E-state index in [2.05, 4.69) is 0 Å². The minimum absolute atomic E-state index is 0.355. The van der Waals surface area contributed by atoms with Crippen molar-refractivity contribution in [3.05, 3.63) is 96.1 Å². The summed E-state index contributed by atoms with van der Waals surface area (Å²) < 4.78 is 18.1. The second kappa shape index (κ2) is 15.9. The molecule has 0 aliphatic rings. The van der Waals surface area contributed by atoms with Gasteiger partial charge in [-0.1, -0.05) is 85.0 Å². The molecule has 0 fully saturated rings. The predicted molar refractivity (Wildman–Crippen MR) is 120 cm³/mol. The summed E-state index contributed by atoms with van der Waals surface area (Å²) in [6, 6.07) is 19.7. The van der Waals surface area contributed by atoms with Crippen molar-refractivity contribution in [2.24, 2.45) is 0 Å². The van der Waals surface area contributed by atoms with Gasteiger partial charge in [-0.25, -0.2) is 0 Å². The molecule has 2 aromatic carbocycles. The van der Waals surface area contributed by atoms with Gasteiger partial charge in [0.25, 0.3) is 0 Å². The van der Waals surface area contributed by atoms with E-state index in [0.29, 0.717) is 38.9 Å². The van der Waals surface area contributed by atoms with Crippen LogP contribution in [-0.4, -0.2) is 25.2 Å². The fraction of sp³-hybridized carbons (Fsp3) is 0.308. The zero-order valence-corrected chi connectivity index (χ0v) is 17.7. The molecule has 5 heteroatoms. The number of ether oxygens (including phenoxy) is 3. The molecule has 0 spiro atoms. The summed E-state index contributed by atoms with van der Waals surface area (Å²) in [6.07, 6.45) is 9.64. The molecule has 0 aromatic heterocycles. The Morgan fingerprint density at radius 2 is 1.03 bits per heavy atom. The highest BCUT2D eigenvalue weighted by Crippen LogP contribution is 2.15. The molecule has 0 bridgehead atoms. The molecular weight excluding hydrogens is 392 g/mol. The van der Waals surface area contributed by atoms with Gasteiger partial charge in [0.1, 0.15) is 12.6 Å². The predicted octanol–water partition coefficient (Wildman–Crippen LogP) is 5.16. The summed E-state index contributed by atoms with van der Waals surface area (Å²) in [4.78, 5) is 21.1. The number of hydrogen-bond donors (Lipinski definition) is 0. The first-order valence-electron chi connectivity index (χ1n) is 10.5. The van der Waals surface area contributed by atoms with Crippen LogP contribution in [0.3, 0.4) is 0 Å². The van der Waals surface area contributed by atoms with Gasteiger partial charge in [0.2, 0.25) is 0 Å². The smallest absolute Gasteiger partial charge is 0.164 e. The topological polar surface area (TPSA) is 61.8 Å². The third-order valence-electron chi connectivity index (χ3n) is 4.32. The summed E-state index contributed by atoms with van der Waals surface area (Å²) in [5, 5.41) is 0. The second-order valence-corrected chi connectivity index (χ2v) is 6.81. The van der Waals surface area contributed by atoms with Crippen LogP contribution in [0.1, 0.15) is 36.8 Å².